The number of hydrogen-bond donors (Lipinski definition) is 1. The first-order chi connectivity index (χ1) is 10.0. The Hall–Kier alpha value is -1.00. The molecule has 0 radical (unpaired) electrons. The predicted molar refractivity (Wildman–Crippen MR) is 82.2 cm³/mol. The fourth-order valence-corrected chi connectivity index (χ4v) is 3.73. The second-order valence-electron chi connectivity index (χ2n) is 6.05. The summed E-state index contributed by atoms with van der Waals surface area (Å²) in [4.78, 5) is 2.47. The van der Waals surface area contributed by atoms with Gasteiger partial charge in [0.05, 0.1) is 0 Å². The van der Waals surface area contributed by atoms with Gasteiger partial charge >= 0.3 is 0 Å². The van der Waals surface area contributed by atoms with Gasteiger partial charge < -0.3 is 5.73 Å². The van der Waals surface area contributed by atoms with Crippen molar-refractivity contribution < 1.29 is 8.78 Å². The van der Waals surface area contributed by atoms with Gasteiger partial charge in [-0.15, -0.1) is 0 Å². The Balaban J connectivity index is 2.20. The Morgan fingerprint density at radius 1 is 1.19 bits per heavy atom. The van der Waals surface area contributed by atoms with Gasteiger partial charge in [0.25, 0.3) is 0 Å². The van der Waals surface area contributed by atoms with Crippen molar-refractivity contribution in [2.75, 3.05) is 13.1 Å². The van der Waals surface area contributed by atoms with Crippen LogP contribution in [0.5, 0.6) is 0 Å². The van der Waals surface area contributed by atoms with Crippen molar-refractivity contribution in [3.8, 4) is 0 Å². The zero-order chi connectivity index (χ0) is 15.5. The Kier molecular flexibility index (Phi) is 5.33. The first-order valence-electron chi connectivity index (χ1n) is 7.98. The molecule has 2 nitrogen and oxygen atoms in total. The third kappa shape index (κ3) is 3.27. The summed E-state index contributed by atoms with van der Waals surface area (Å²) in [6.07, 6.45) is 4.77. The maximum atomic E-state index is 13.9. The normalized spacial score (nSPS) is 18.1. The topological polar surface area (TPSA) is 29.3 Å². The van der Waals surface area contributed by atoms with Crippen LogP contribution < -0.4 is 5.73 Å². The average Bonchev–Trinajstić information content (AvgIpc) is 2.99. The summed E-state index contributed by atoms with van der Waals surface area (Å²) < 4.78 is 26.9. The molecule has 1 heterocycles. The molecule has 0 bridgehead atoms. The van der Waals surface area contributed by atoms with Gasteiger partial charge in [-0.25, -0.2) is 8.78 Å². The number of halogens is 2. The van der Waals surface area contributed by atoms with Crippen molar-refractivity contribution in [1.29, 1.82) is 0 Å². The van der Waals surface area contributed by atoms with Gasteiger partial charge in [-0.3, -0.25) is 4.90 Å². The molecule has 0 spiro atoms. The minimum atomic E-state index is -0.540. The summed E-state index contributed by atoms with van der Waals surface area (Å²) in [5.41, 5.74) is 6.91. The predicted octanol–water partition coefficient (Wildman–Crippen LogP) is 3.49. The molecule has 1 fully saturated rings. The zero-order valence-electron chi connectivity index (χ0n) is 13.0. The van der Waals surface area contributed by atoms with E-state index in [1.165, 1.54) is 25.0 Å². The molecule has 2 N–H and O–H groups in total. The smallest absolute Gasteiger partial charge is 0.129 e. The number of benzene rings is 1. The van der Waals surface area contributed by atoms with Gasteiger partial charge in [0, 0.05) is 17.6 Å². The lowest BCUT2D eigenvalue weighted by Crippen LogP contribution is -2.59. The van der Waals surface area contributed by atoms with Crippen LogP contribution in [0.4, 0.5) is 8.78 Å². The quantitative estimate of drug-likeness (QED) is 0.870. The molecule has 0 saturated carbocycles. The van der Waals surface area contributed by atoms with Gasteiger partial charge in [0.1, 0.15) is 11.6 Å². The van der Waals surface area contributed by atoms with Crippen LogP contribution in [0.25, 0.3) is 0 Å². The van der Waals surface area contributed by atoms with Crippen LogP contribution in [0.2, 0.25) is 0 Å². The van der Waals surface area contributed by atoms with Crippen LogP contribution in [0.3, 0.4) is 0 Å². The molecule has 1 saturated heterocycles. The highest BCUT2D eigenvalue weighted by Crippen LogP contribution is 2.32. The third-order valence-electron chi connectivity index (χ3n) is 5.11. The first kappa shape index (κ1) is 16.4. The number of likely N-dealkylation sites (tertiary alicyclic amines) is 1. The van der Waals surface area contributed by atoms with Gasteiger partial charge in [-0.05, 0) is 56.8 Å². The molecule has 4 heteroatoms. The number of hydrogen-bond acceptors (Lipinski definition) is 2. The standard InChI is InChI=1S/C17H26F2N2/c1-3-17(4-2,21-9-5-6-10-21)16(20)11-13-7-8-14(18)12-15(13)19/h7-8,12,16H,3-6,9-11,20H2,1-2H3. The maximum Gasteiger partial charge on any atom is 0.129 e. The Morgan fingerprint density at radius 3 is 2.33 bits per heavy atom. The Labute approximate surface area is 126 Å². The number of rotatable bonds is 6. The lowest BCUT2D eigenvalue weighted by molar-refractivity contribution is 0.0765. The fourth-order valence-electron chi connectivity index (χ4n) is 3.73. The molecule has 1 unspecified atom stereocenters. The molecule has 0 aliphatic carbocycles. The molecule has 0 amide bonds. The van der Waals surface area contributed by atoms with Crippen molar-refractivity contribution in [3.05, 3.63) is 35.4 Å². The van der Waals surface area contributed by atoms with Crippen molar-refractivity contribution in [2.24, 2.45) is 5.73 Å². The van der Waals surface area contributed by atoms with E-state index in [0.717, 1.165) is 32.0 Å². The highest BCUT2D eigenvalue weighted by Gasteiger charge is 2.40. The molecule has 0 aromatic heterocycles. The average molecular weight is 296 g/mol. The van der Waals surface area contributed by atoms with Gasteiger partial charge in [0.2, 0.25) is 0 Å². The second kappa shape index (κ2) is 6.84. The largest absolute Gasteiger partial charge is 0.326 e. The van der Waals surface area contributed by atoms with Gasteiger partial charge in [-0.2, -0.15) is 0 Å². The minimum absolute atomic E-state index is 0.0860. The zero-order valence-corrected chi connectivity index (χ0v) is 13.0. The molecule has 1 aliphatic heterocycles. The van der Waals surface area contributed by atoms with E-state index < -0.39 is 11.6 Å². The molecule has 2 rings (SSSR count). The van der Waals surface area contributed by atoms with E-state index >= 15 is 0 Å². The summed E-state index contributed by atoms with van der Waals surface area (Å²) in [5, 5.41) is 0. The van der Waals surface area contributed by atoms with Crippen LogP contribution in [0.15, 0.2) is 18.2 Å². The SMILES string of the molecule is CCC(CC)(C(N)Cc1ccc(F)cc1F)N1CCCC1. The highest BCUT2D eigenvalue weighted by molar-refractivity contribution is 5.21. The van der Waals surface area contributed by atoms with Crippen molar-refractivity contribution >= 4 is 0 Å². The molecule has 1 aromatic carbocycles. The summed E-state index contributed by atoms with van der Waals surface area (Å²) >= 11 is 0. The summed E-state index contributed by atoms with van der Waals surface area (Å²) in [5.74, 6) is -1.03. The summed E-state index contributed by atoms with van der Waals surface area (Å²) in [6, 6.07) is 3.62. The van der Waals surface area contributed by atoms with E-state index in [0.29, 0.717) is 12.0 Å². The monoisotopic (exact) mass is 296 g/mol. The van der Waals surface area contributed by atoms with Crippen LogP contribution in [0.1, 0.15) is 45.1 Å². The van der Waals surface area contributed by atoms with E-state index in [1.54, 1.807) is 0 Å². The number of nitrogens with two attached hydrogens (primary N) is 1. The van der Waals surface area contributed by atoms with Crippen molar-refractivity contribution in [3.63, 3.8) is 0 Å². The van der Waals surface area contributed by atoms with E-state index in [4.69, 9.17) is 5.73 Å². The van der Waals surface area contributed by atoms with E-state index in [-0.39, 0.29) is 11.6 Å². The maximum absolute atomic E-state index is 13.9. The Bertz CT molecular complexity index is 466. The summed E-state index contributed by atoms with van der Waals surface area (Å²) in [6.45, 7) is 6.45. The molecule has 118 valence electrons. The molecule has 21 heavy (non-hydrogen) atoms. The second-order valence-corrected chi connectivity index (χ2v) is 6.05. The number of nitrogens with zero attached hydrogens (tertiary/aromatic N) is 1. The van der Waals surface area contributed by atoms with Crippen LogP contribution >= 0.6 is 0 Å². The summed E-state index contributed by atoms with van der Waals surface area (Å²) in [7, 11) is 0. The molecular formula is C17H26F2N2. The molecular weight excluding hydrogens is 270 g/mol. The lowest BCUT2D eigenvalue weighted by atomic mass is 9.80. The molecule has 1 aliphatic rings. The van der Waals surface area contributed by atoms with Crippen LogP contribution in [-0.2, 0) is 6.42 Å². The van der Waals surface area contributed by atoms with E-state index in [9.17, 15) is 8.78 Å². The van der Waals surface area contributed by atoms with Crippen LogP contribution in [-0.4, -0.2) is 29.6 Å². The van der Waals surface area contributed by atoms with Gasteiger partial charge in [-0.1, -0.05) is 19.9 Å². The molecule has 1 aromatic rings. The highest BCUT2D eigenvalue weighted by atomic mass is 19.1. The van der Waals surface area contributed by atoms with Crippen LogP contribution in [0, 0.1) is 11.6 Å². The van der Waals surface area contributed by atoms with Crippen molar-refractivity contribution in [2.45, 2.75) is 57.5 Å². The van der Waals surface area contributed by atoms with Gasteiger partial charge in [0.15, 0.2) is 0 Å². The van der Waals surface area contributed by atoms with E-state index in [2.05, 4.69) is 18.7 Å². The lowest BCUT2D eigenvalue weighted by Gasteiger charge is -2.45. The van der Waals surface area contributed by atoms with Crippen molar-refractivity contribution in [1.82, 2.24) is 4.90 Å². The molecule has 1 atom stereocenters. The first-order valence-corrected chi connectivity index (χ1v) is 7.98. The fraction of sp³-hybridized carbons (Fsp3) is 0.647. The third-order valence-corrected chi connectivity index (χ3v) is 5.11. The Morgan fingerprint density at radius 2 is 1.81 bits per heavy atom. The minimum Gasteiger partial charge on any atom is -0.326 e. The van der Waals surface area contributed by atoms with E-state index in [1.807, 2.05) is 0 Å².